The van der Waals surface area contributed by atoms with E-state index in [1.54, 1.807) is 18.2 Å². The van der Waals surface area contributed by atoms with Gasteiger partial charge in [0.25, 0.3) is 5.91 Å². The first-order valence-corrected chi connectivity index (χ1v) is 17.2. The molecule has 5 rings (SSSR count). The number of aliphatic carboxylic acids is 1. The highest BCUT2D eigenvalue weighted by Crippen LogP contribution is 2.34. The predicted molar refractivity (Wildman–Crippen MR) is 181 cm³/mol. The van der Waals surface area contributed by atoms with E-state index >= 15 is 0 Å². The summed E-state index contributed by atoms with van der Waals surface area (Å²) in [5.41, 5.74) is 5.09. The fourth-order valence-corrected chi connectivity index (χ4v) is 7.12. The van der Waals surface area contributed by atoms with E-state index in [2.05, 4.69) is 34.9 Å². The van der Waals surface area contributed by atoms with Crippen LogP contribution in [0.1, 0.15) is 83.0 Å². The third-order valence-electron chi connectivity index (χ3n) is 8.52. The molecule has 1 fully saturated rings. The number of carboxylic acids is 1. The standard InChI is InChI=1S/C38H40N2O5S/c41-36(42)22-23-39-37(43)32-16-14-27(15-17-32)24-35(31-20-18-30(19-21-31)29-10-5-2-6-11-29)38(44)40-33-12-7-13-34(25-33)46(45)26-28-8-3-1-4-9-28/h1,3-4,7-9,12-21,25,29,35H,2,5-6,10-11,22-24,26H2,(H,39,43)(H,40,44)(H,41,42). The minimum atomic E-state index is -1.27. The van der Waals surface area contributed by atoms with Gasteiger partial charge in [0.05, 0.1) is 28.9 Å². The van der Waals surface area contributed by atoms with Gasteiger partial charge in [0.15, 0.2) is 0 Å². The average Bonchev–Trinajstić information content (AvgIpc) is 3.08. The monoisotopic (exact) mass is 636 g/mol. The van der Waals surface area contributed by atoms with Gasteiger partial charge in [-0.1, -0.05) is 92.1 Å². The van der Waals surface area contributed by atoms with Crippen molar-refractivity contribution in [3.63, 3.8) is 0 Å². The van der Waals surface area contributed by atoms with Crippen LogP contribution < -0.4 is 10.6 Å². The molecule has 1 aliphatic carbocycles. The highest BCUT2D eigenvalue weighted by atomic mass is 32.2. The molecule has 0 heterocycles. The van der Waals surface area contributed by atoms with Crippen molar-refractivity contribution in [1.82, 2.24) is 5.32 Å². The second-order valence-corrected chi connectivity index (χ2v) is 13.3. The maximum atomic E-state index is 13.9. The van der Waals surface area contributed by atoms with Gasteiger partial charge >= 0.3 is 5.97 Å². The van der Waals surface area contributed by atoms with Crippen molar-refractivity contribution in [3.8, 4) is 0 Å². The highest BCUT2D eigenvalue weighted by molar-refractivity contribution is 7.84. The lowest BCUT2D eigenvalue weighted by molar-refractivity contribution is -0.136. The Morgan fingerprint density at radius 1 is 0.804 bits per heavy atom. The smallest absolute Gasteiger partial charge is 0.305 e. The van der Waals surface area contributed by atoms with E-state index in [0.717, 1.165) is 16.7 Å². The molecule has 3 N–H and O–H groups in total. The molecule has 8 heteroatoms. The molecule has 0 saturated heterocycles. The number of carboxylic acid groups (broad SMARTS) is 1. The van der Waals surface area contributed by atoms with Crippen LogP contribution in [0.25, 0.3) is 0 Å². The van der Waals surface area contributed by atoms with Crippen molar-refractivity contribution in [2.24, 2.45) is 0 Å². The van der Waals surface area contributed by atoms with Crippen molar-refractivity contribution >= 4 is 34.3 Å². The number of carbonyl (C=O) groups is 3. The number of benzene rings is 4. The molecule has 2 unspecified atom stereocenters. The summed E-state index contributed by atoms with van der Waals surface area (Å²) in [6.45, 7) is 0.0516. The molecular formula is C38H40N2O5S. The molecule has 0 radical (unpaired) electrons. The van der Waals surface area contributed by atoms with E-state index in [1.165, 1.54) is 37.7 Å². The van der Waals surface area contributed by atoms with E-state index in [9.17, 15) is 18.6 Å². The fourth-order valence-electron chi connectivity index (χ4n) is 5.97. The van der Waals surface area contributed by atoms with Crippen LogP contribution in [0.15, 0.2) is 108 Å². The summed E-state index contributed by atoms with van der Waals surface area (Å²) >= 11 is 0. The predicted octanol–water partition coefficient (Wildman–Crippen LogP) is 7.21. The Balaban J connectivity index is 1.33. The zero-order valence-corrected chi connectivity index (χ0v) is 26.6. The zero-order valence-electron chi connectivity index (χ0n) is 25.8. The summed E-state index contributed by atoms with van der Waals surface area (Å²) in [6, 6.07) is 32.4. The topological polar surface area (TPSA) is 113 Å². The number of amides is 2. The SMILES string of the molecule is O=C(O)CCNC(=O)c1ccc(CC(C(=O)Nc2cccc(S(=O)Cc3ccccc3)c2)c2ccc(C3CCCCC3)cc2)cc1. The number of nitrogens with one attached hydrogen (secondary N) is 2. The van der Waals surface area contributed by atoms with E-state index in [0.29, 0.717) is 34.2 Å². The lowest BCUT2D eigenvalue weighted by Gasteiger charge is -2.23. The summed E-state index contributed by atoms with van der Waals surface area (Å²) in [4.78, 5) is 37.8. The minimum absolute atomic E-state index is 0.0516. The normalized spacial score (nSPS) is 14.6. The van der Waals surface area contributed by atoms with E-state index < -0.39 is 22.7 Å². The molecule has 4 aromatic carbocycles. The average molecular weight is 637 g/mol. The van der Waals surface area contributed by atoms with Crippen LogP contribution in [0.2, 0.25) is 0 Å². The highest BCUT2D eigenvalue weighted by Gasteiger charge is 2.23. The van der Waals surface area contributed by atoms with Crippen LogP contribution in [0, 0.1) is 0 Å². The molecule has 7 nitrogen and oxygen atoms in total. The Labute approximate surface area is 272 Å². The number of anilines is 1. The molecule has 46 heavy (non-hydrogen) atoms. The third-order valence-corrected chi connectivity index (χ3v) is 9.89. The van der Waals surface area contributed by atoms with Crippen LogP contribution in [-0.2, 0) is 32.6 Å². The van der Waals surface area contributed by atoms with Gasteiger partial charge in [-0.25, -0.2) is 0 Å². The molecule has 0 aromatic heterocycles. The molecule has 1 saturated carbocycles. The van der Waals surface area contributed by atoms with Gasteiger partial charge in [0.2, 0.25) is 5.91 Å². The van der Waals surface area contributed by atoms with Crippen molar-refractivity contribution in [2.45, 2.75) is 67.4 Å². The summed E-state index contributed by atoms with van der Waals surface area (Å²) in [6.07, 6.45) is 6.45. The second kappa shape index (κ2) is 16.1. The van der Waals surface area contributed by atoms with Gasteiger partial charge in [-0.05, 0) is 77.8 Å². The van der Waals surface area contributed by atoms with E-state index in [-0.39, 0.29) is 24.8 Å². The van der Waals surface area contributed by atoms with Gasteiger partial charge in [-0.15, -0.1) is 0 Å². The summed E-state index contributed by atoms with van der Waals surface area (Å²) in [7, 11) is -1.27. The number of hydrogen-bond acceptors (Lipinski definition) is 4. The van der Waals surface area contributed by atoms with E-state index in [4.69, 9.17) is 5.11 Å². The third kappa shape index (κ3) is 9.23. The number of hydrogen-bond donors (Lipinski definition) is 3. The first kappa shape index (κ1) is 32.8. The van der Waals surface area contributed by atoms with Crippen LogP contribution in [0.3, 0.4) is 0 Å². The molecule has 2 atom stereocenters. The Hall–Kier alpha value is -4.56. The molecule has 0 bridgehead atoms. The maximum absolute atomic E-state index is 13.9. The van der Waals surface area contributed by atoms with Crippen molar-refractivity contribution in [3.05, 3.63) is 131 Å². The molecule has 0 spiro atoms. The lowest BCUT2D eigenvalue weighted by Crippen LogP contribution is -2.26. The Bertz CT molecular complexity index is 1650. The molecule has 0 aliphatic heterocycles. The van der Waals surface area contributed by atoms with Gasteiger partial charge in [-0.2, -0.15) is 0 Å². The summed E-state index contributed by atoms with van der Waals surface area (Å²) in [5.74, 6) is -1.05. The molecule has 238 valence electrons. The van der Waals surface area contributed by atoms with Crippen LogP contribution in [-0.4, -0.2) is 33.6 Å². The molecular weight excluding hydrogens is 596 g/mol. The largest absolute Gasteiger partial charge is 0.481 e. The van der Waals surface area contributed by atoms with E-state index in [1.807, 2.05) is 60.7 Å². The number of rotatable bonds is 13. The molecule has 1 aliphatic rings. The lowest BCUT2D eigenvalue weighted by atomic mass is 9.83. The Kier molecular flexibility index (Phi) is 11.5. The van der Waals surface area contributed by atoms with Gasteiger partial charge in [0.1, 0.15) is 0 Å². The maximum Gasteiger partial charge on any atom is 0.305 e. The Morgan fingerprint density at radius 2 is 1.52 bits per heavy atom. The molecule has 4 aromatic rings. The van der Waals surface area contributed by atoms with Crippen molar-refractivity contribution < 1.29 is 23.7 Å². The van der Waals surface area contributed by atoms with Crippen molar-refractivity contribution in [1.29, 1.82) is 0 Å². The van der Waals surface area contributed by atoms with Gasteiger partial charge in [-0.3, -0.25) is 18.6 Å². The zero-order chi connectivity index (χ0) is 32.3. The van der Waals surface area contributed by atoms with Crippen LogP contribution in [0.4, 0.5) is 5.69 Å². The van der Waals surface area contributed by atoms with Crippen LogP contribution in [0.5, 0.6) is 0 Å². The Morgan fingerprint density at radius 3 is 2.22 bits per heavy atom. The summed E-state index contributed by atoms with van der Waals surface area (Å²) < 4.78 is 13.1. The quantitative estimate of drug-likeness (QED) is 0.144. The van der Waals surface area contributed by atoms with Crippen LogP contribution >= 0.6 is 0 Å². The first-order chi connectivity index (χ1) is 22.4. The van der Waals surface area contributed by atoms with Gasteiger partial charge in [0, 0.05) is 22.7 Å². The second-order valence-electron chi connectivity index (χ2n) is 11.8. The summed E-state index contributed by atoms with van der Waals surface area (Å²) in [5, 5.41) is 14.5. The van der Waals surface area contributed by atoms with Gasteiger partial charge < -0.3 is 15.7 Å². The minimum Gasteiger partial charge on any atom is -0.481 e. The fraction of sp³-hybridized carbons (Fsp3) is 0.289. The number of carbonyl (C=O) groups excluding carboxylic acids is 2. The molecule has 2 amide bonds. The van der Waals surface area contributed by atoms with Crippen molar-refractivity contribution in [2.75, 3.05) is 11.9 Å². The first-order valence-electron chi connectivity index (χ1n) is 15.9.